The quantitative estimate of drug-likeness (QED) is 0.318. The summed E-state index contributed by atoms with van der Waals surface area (Å²) in [6, 6.07) is 10.5. The maximum Gasteiger partial charge on any atom is 0.169 e. The van der Waals surface area contributed by atoms with E-state index >= 15 is 0 Å². The molecular weight excluding hydrogens is 464 g/mol. The third-order valence-corrected chi connectivity index (χ3v) is 7.95. The molecule has 7 rings (SSSR count). The number of rotatable bonds is 5. The van der Waals surface area contributed by atoms with Gasteiger partial charge in [0.2, 0.25) is 0 Å². The first-order valence-electron chi connectivity index (χ1n) is 12.4. The zero-order valence-corrected chi connectivity index (χ0v) is 20.0. The van der Waals surface area contributed by atoms with Crippen LogP contribution in [0.25, 0.3) is 22.3 Å². The van der Waals surface area contributed by atoms with Gasteiger partial charge in [0.15, 0.2) is 11.5 Å². The van der Waals surface area contributed by atoms with Crippen molar-refractivity contribution < 1.29 is 14.1 Å². The van der Waals surface area contributed by atoms with Gasteiger partial charge in [-0.05, 0) is 44.1 Å². The molecule has 3 aliphatic carbocycles. The van der Waals surface area contributed by atoms with Gasteiger partial charge in [-0.15, -0.1) is 0 Å². The third-order valence-electron chi connectivity index (χ3n) is 7.66. The van der Waals surface area contributed by atoms with Gasteiger partial charge in [-0.1, -0.05) is 47.1 Å². The van der Waals surface area contributed by atoms with Crippen LogP contribution in [0, 0.1) is 0 Å². The maximum absolute atomic E-state index is 13.2. The van der Waals surface area contributed by atoms with Crippen molar-refractivity contribution in [2.45, 2.75) is 69.6 Å². The van der Waals surface area contributed by atoms with Crippen molar-refractivity contribution >= 4 is 28.4 Å². The fourth-order valence-electron chi connectivity index (χ4n) is 5.86. The van der Waals surface area contributed by atoms with Crippen LogP contribution >= 0.6 is 11.6 Å². The van der Waals surface area contributed by atoms with Crippen molar-refractivity contribution in [1.82, 2.24) is 19.7 Å². The summed E-state index contributed by atoms with van der Waals surface area (Å²) in [7, 11) is 0. The highest BCUT2D eigenvalue weighted by Gasteiger charge is 2.40. The molecule has 7 nitrogen and oxygen atoms in total. The van der Waals surface area contributed by atoms with Crippen molar-refractivity contribution in [2.75, 3.05) is 0 Å². The molecule has 8 heteroatoms. The molecule has 2 unspecified atom stereocenters. The van der Waals surface area contributed by atoms with E-state index in [-0.39, 0.29) is 17.9 Å². The number of ether oxygens (including phenoxy) is 1. The second-order valence-corrected chi connectivity index (χ2v) is 10.3. The number of nitrogens with zero attached hydrogens (tertiary/aromatic N) is 4. The van der Waals surface area contributed by atoms with E-state index in [0.717, 1.165) is 60.2 Å². The second kappa shape index (κ2) is 8.28. The minimum Gasteiger partial charge on any atom is -0.373 e. The number of hydrogen-bond acceptors (Lipinski definition) is 6. The standard InChI is InChI=1S/C27H25ClN4O3/c28-26-23-21-19(10-11-20(33)22-24(21)31-35-25(22)16-6-7-16)32(27(23)30-14-29-26)17-8-9-18(12-17)34-13-15-4-2-1-3-5-15/h1-5,14,16-18H,6-13H2. The van der Waals surface area contributed by atoms with Gasteiger partial charge in [0.1, 0.15) is 22.8 Å². The number of fused-ring (bicyclic) bond motifs is 5. The Morgan fingerprint density at radius 2 is 1.91 bits per heavy atom. The minimum absolute atomic E-state index is 0.0996. The zero-order valence-electron chi connectivity index (χ0n) is 19.2. The Morgan fingerprint density at radius 3 is 2.74 bits per heavy atom. The molecule has 0 radical (unpaired) electrons. The van der Waals surface area contributed by atoms with Crippen LogP contribution in [0.15, 0.2) is 41.2 Å². The molecule has 3 heterocycles. The van der Waals surface area contributed by atoms with Gasteiger partial charge in [0.25, 0.3) is 0 Å². The number of hydrogen-bond donors (Lipinski definition) is 0. The summed E-state index contributed by atoms with van der Waals surface area (Å²) < 4.78 is 14.3. The predicted octanol–water partition coefficient (Wildman–Crippen LogP) is 6.06. The van der Waals surface area contributed by atoms with Crippen molar-refractivity contribution in [3.63, 3.8) is 0 Å². The van der Waals surface area contributed by atoms with Gasteiger partial charge in [-0.3, -0.25) is 4.79 Å². The number of carbonyl (C=O) groups is 1. The summed E-state index contributed by atoms with van der Waals surface area (Å²) in [5.41, 5.74) is 5.16. The van der Waals surface area contributed by atoms with Crippen LogP contribution in [0.3, 0.4) is 0 Å². The van der Waals surface area contributed by atoms with Crippen LogP contribution in [-0.2, 0) is 17.8 Å². The molecule has 0 spiro atoms. The van der Waals surface area contributed by atoms with Crippen molar-refractivity contribution in [3.8, 4) is 11.3 Å². The van der Waals surface area contributed by atoms with E-state index in [1.807, 2.05) is 18.2 Å². The van der Waals surface area contributed by atoms with E-state index in [2.05, 4.69) is 31.8 Å². The predicted molar refractivity (Wildman–Crippen MR) is 131 cm³/mol. The average molecular weight is 489 g/mol. The highest BCUT2D eigenvalue weighted by Crippen LogP contribution is 2.49. The maximum atomic E-state index is 13.2. The van der Waals surface area contributed by atoms with E-state index < -0.39 is 0 Å². The average Bonchev–Trinajstić information content (AvgIpc) is 3.35. The molecule has 0 bridgehead atoms. The van der Waals surface area contributed by atoms with Gasteiger partial charge in [-0.25, -0.2) is 9.97 Å². The first kappa shape index (κ1) is 21.3. The van der Waals surface area contributed by atoms with E-state index in [0.29, 0.717) is 41.8 Å². The van der Waals surface area contributed by atoms with Crippen LogP contribution < -0.4 is 0 Å². The Balaban J connectivity index is 1.29. The SMILES string of the molecule is O=C1CCc2c(c3c(Cl)ncnc3n2C2CCC(OCc3ccccc3)C2)-c2noc(C3CC3)c21. The normalized spacial score (nSPS) is 21.8. The van der Waals surface area contributed by atoms with Gasteiger partial charge in [-0.2, -0.15) is 0 Å². The summed E-state index contributed by atoms with van der Waals surface area (Å²) in [5, 5.41) is 5.58. The fraction of sp³-hybridized carbons (Fsp3) is 0.407. The highest BCUT2D eigenvalue weighted by atomic mass is 35.5. The molecule has 0 N–H and O–H groups in total. The lowest BCUT2D eigenvalue weighted by Gasteiger charge is -2.18. The lowest BCUT2D eigenvalue weighted by atomic mass is 10.0. The molecule has 3 aliphatic rings. The molecule has 35 heavy (non-hydrogen) atoms. The fourth-order valence-corrected chi connectivity index (χ4v) is 6.08. The lowest BCUT2D eigenvalue weighted by molar-refractivity contribution is 0.0433. The Kier molecular flexibility index (Phi) is 5.03. The highest BCUT2D eigenvalue weighted by molar-refractivity contribution is 6.35. The van der Waals surface area contributed by atoms with Crippen molar-refractivity contribution in [2.24, 2.45) is 0 Å². The number of benzene rings is 1. The topological polar surface area (TPSA) is 83.0 Å². The van der Waals surface area contributed by atoms with Crippen LogP contribution in [0.4, 0.5) is 0 Å². The van der Waals surface area contributed by atoms with Gasteiger partial charge < -0.3 is 13.8 Å². The van der Waals surface area contributed by atoms with Crippen LogP contribution in [0.2, 0.25) is 5.15 Å². The van der Waals surface area contributed by atoms with Gasteiger partial charge >= 0.3 is 0 Å². The molecule has 2 atom stereocenters. The minimum atomic E-state index is 0.0996. The van der Waals surface area contributed by atoms with Crippen molar-refractivity contribution in [3.05, 3.63) is 64.4 Å². The van der Waals surface area contributed by atoms with E-state index in [1.165, 1.54) is 11.9 Å². The molecule has 2 saturated carbocycles. The van der Waals surface area contributed by atoms with E-state index in [1.54, 1.807) is 0 Å². The smallest absolute Gasteiger partial charge is 0.169 e. The summed E-state index contributed by atoms with van der Waals surface area (Å²) in [5.74, 6) is 1.14. The summed E-state index contributed by atoms with van der Waals surface area (Å²) in [4.78, 5) is 22.2. The molecule has 1 aromatic carbocycles. The largest absolute Gasteiger partial charge is 0.373 e. The molecule has 178 valence electrons. The van der Waals surface area contributed by atoms with Crippen molar-refractivity contribution in [1.29, 1.82) is 0 Å². The first-order chi connectivity index (χ1) is 17.2. The summed E-state index contributed by atoms with van der Waals surface area (Å²) in [6.45, 7) is 0.609. The first-order valence-corrected chi connectivity index (χ1v) is 12.8. The molecule has 4 aromatic rings. The Morgan fingerprint density at radius 1 is 1.06 bits per heavy atom. The molecule has 0 amide bonds. The molecule has 0 saturated heterocycles. The number of aromatic nitrogens is 4. The number of halogens is 1. The molecule has 2 fully saturated rings. The van der Waals surface area contributed by atoms with E-state index in [9.17, 15) is 4.79 Å². The number of carbonyl (C=O) groups excluding carboxylic acids is 1. The van der Waals surface area contributed by atoms with E-state index in [4.69, 9.17) is 20.9 Å². The molecule has 0 aliphatic heterocycles. The second-order valence-electron chi connectivity index (χ2n) is 9.91. The van der Waals surface area contributed by atoms with Gasteiger partial charge in [0, 0.05) is 29.6 Å². The Bertz CT molecular complexity index is 1440. The summed E-state index contributed by atoms with van der Waals surface area (Å²) in [6.07, 6.45) is 7.65. The lowest BCUT2D eigenvalue weighted by Crippen LogP contribution is -2.13. The summed E-state index contributed by atoms with van der Waals surface area (Å²) >= 11 is 6.67. The Labute approximate surface area is 207 Å². The third kappa shape index (κ3) is 3.52. The molecular formula is C27H25ClN4O3. The van der Waals surface area contributed by atoms with Crippen LogP contribution in [0.1, 0.15) is 77.9 Å². The van der Waals surface area contributed by atoms with Crippen LogP contribution in [-0.4, -0.2) is 31.6 Å². The van der Waals surface area contributed by atoms with Crippen LogP contribution in [0.5, 0.6) is 0 Å². The number of Topliss-reactive ketones (excluding diaryl/α,β-unsaturated/α-hetero) is 1. The number of ketones is 1. The van der Waals surface area contributed by atoms with Gasteiger partial charge in [0.05, 0.1) is 23.7 Å². The monoisotopic (exact) mass is 488 g/mol. The Hall–Kier alpha value is -3.03. The molecule has 3 aromatic heterocycles. The zero-order chi connectivity index (χ0) is 23.5.